The largest absolute Gasteiger partial charge is 0.497 e. The van der Waals surface area contributed by atoms with Crippen LogP contribution in [-0.4, -0.2) is 24.1 Å². The van der Waals surface area contributed by atoms with Gasteiger partial charge in [-0.25, -0.2) is 4.98 Å². The number of H-pyrrole nitrogens is 1. The number of anilines is 2. The van der Waals surface area contributed by atoms with Crippen LogP contribution in [0.3, 0.4) is 0 Å². The van der Waals surface area contributed by atoms with Crippen molar-refractivity contribution in [3.05, 3.63) is 35.7 Å². The van der Waals surface area contributed by atoms with E-state index in [1.807, 2.05) is 37.1 Å². The van der Waals surface area contributed by atoms with E-state index in [2.05, 4.69) is 16.0 Å². The normalized spacial score (nSPS) is 10.4. The fraction of sp³-hybridized carbons (Fsp3) is 0.308. The molecule has 96 valence electrons. The van der Waals surface area contributed by atoms with E-state index in [-0.39, 0.29) is 0 Å². The maximum Gasteiger partial charge on any atom is 0.171 e. The molecule has 0 radical (unpaired) electrons. The van der Waals surface area contributed by atoms with Crippen LogP contribution in [0.5, 0.6) is 5.75 Å². The van der Waals surface area contributed by atoms with Gasteiger partial charge in [-0.3, -0.25) is 0 Å². The number of aromatic amines is 1. The molecule has 0 bridgehead atoms. The number of aryl methyl sites for hydroxylation is 1. The molecule has 18 heavy (non-hydrogen) atoms. The lowest BCUT2D eigenvalue weighted by atomic mass is 10.2. The Morgan fingerprint density at radius 3 is 2.83 bits per heavy atom. The molecule has 0 saturated carbocycles. The summed E-state index contributed by atoms with van der Waals surface area (Å²) in [6.07, 6.45) is 0. The van der Waals surface area contributed by atoms with E-state index in [1.54, 1.807) is 7.11 Å². The van der Waals surface area contributed by atoms with E-state index < -0.39 is 0 Å². The Bertz CT molecular complexity index is 536. The molecule has 1 heterocycles. The van der Waals surface area contributed by atoms with Gasteiger partial charge in [0.2, 0.25) is 0 Å². The number of nitrogens with one attached hydrogen (secondary N) is 1. The number of rotatable bonds is 4. The van der Waals surface area contributed by atoms with E-state index in [9.17, 15) is 0 Å². The first kappa shape index (κ1) is 12.3. The highest BCUT2D eigenvalue weighted by molar-refractivity contribution is 5.58. The van der Waals surface area contributed by atoms with Gasteiger partial charge in [0.25, 0.3) is 0 Å². The van der Waals surface area contributed by atoms with Gasteiger partial charge in [0.05, 0.1) is 7.11 Å². The van der Waals surface area contributed by atoms with E-state index in [1.165, 1.54) is 0 Å². The van der Waals surface area contributed by atoms with Crippen molar-refractivity contribution in [2.45, 2.75) is 13.5 Å². The number of benzene rings is 1. The molecule has 1 aromatic heterocycles. The zero-order valence-corrected chi connectivity index (χ0v) is 10.9. The minimum absolute atomic E-state index is 0.595. The van der Waals surface area contributed by atoms with E-state index >= 15 is 0 Å². The number of nitrogens with zero attached hydrogens (tertiary/aromatic N) is 2. The second-order valence-electron chi connectivity index (χ2n) is 4.27. The summed E-state index contributed by atoms with van der Waals surface area (Å²) in [6.45, 7) is 2.62. The van der Waals surface area contributed by atoms with Gasteiger partial charge in [-0.1, -0.05) is 12.1 Å². The molecule has 0 aliphatic carbocycles. The van der Waals surface area contributed by atoms with Crippen LogP contribution in [0.15, 0.2) is 24.3 Å². The van der Waals surface area contributed by atoms with Gasteiger partial charge >= 0.3 is 0 Å². The monoisotopic (exact) mass is 246 g/mol. The highest BCUT2D eigenvalue weighted by Gasteiger charge is 2.10. The van der Waals surface area contributed by atoms with Crippen LogP contribution >= 0.6 is 0 Å². The first-order valence-electron chi connectivity index (χ1n) is 5.76. The van der Waals surface area contributed by atoms with Crippen molar-refractivity contribution in [2.75, 3.05) is 24.8 Å². The third-order valence-electron chi connectivity index (χ3n) is 2.75. The summed E-state index contributed by atoms with van der Waals surface area (Å²) < 4.78 is 5.20. The van der Waals surface area contributed by atoms with Crippen LogP contribution in [0.25, 0.3) is 0 Å². The highest BCUT2D eigenvalue weighted by atomic mass is 16.5. The Hall–Kier alpha value is -2.17. The number of imidazole rings is 1. The molecule has 2 rings (SSSR count). The molecule has 5 nitrogen and oxygen atoms in total. The summed E-state index contributed by atoms with van der Waals surface area (Å²) in [5, 5.41) is 0. The van der Waals surface area contributed by atoms with E-state index in [0.717, 1.165) is 29.5 Å². The number of nitrogens with two attached hydrogens (primary N) is 1. The zero-order chi connectivity index (χ0) is 13.1. The summed E-state index contributed by atoms with van der Waals surface area (Å²) in [5.74, 6) is 3.04. The number of hydrogen-bond donors (Lipinski definition) is 2. The summed E-state index contributed by atoms with van der Waals surface area (Å²) in [7, 11) is 3.63. The summed E-state index contributed by atoms with van der Waals surface area (Å²) in [4.78, 5) is 9.37. The Labute approximate surface area is 107 Å². The van der Waals surface area contributed by atoms with Crippen LogP contribution in [0.4, 0.5) is 11.6 Å². The Morgan fingerprint density at radius 1 is 1.44 bits per heavy atom. The Kier molecular flexibility index (Phi) is 3.41. The topological polar surface area (TPSA) is 67.2 Å². The average molecular weight is 246 g/mol. The molecule has 3 N–H and O–H groups in total. The van der Waals surface area contributed by atoms with Gasteiger partial charge in [-0.2, -0.15) is 0 Å². The predicted molar refractivity (Wildman–Crippen MR) is 72.8 cm³/mol. The van der Waals surface area contributed by atoms with Gasteiger partial charge < -0.3 is 20.4 Å². The lowest BCUT2D eigenvalue weighted by Crippen LogP contribution is -2.18. The lowest BCUT2D eigenvalue weighted by molar-refractivity contribution is 0.414. The van der Waals surface area contributed by atoms with Crippen molar-refractivity contribution < 1.29 is 4.74 Å². The smallest absolute Gasteiger partial charge is 0.171 e. The molecule has 0 unspecified atom stereocenters. The minimum Gasteiger partial charge on any atom is -0.497 e. The quantitative estimate of drug-likeness (QED) is 0.865. The maximum absolute atomic E-state index is 5.87. The van der Waals surface area contributed by atoms with Crippen LogP contribution in [-0.2, 0) is 6.54 Å². The van der Waals surface area contributed by atoms with Crippen molar-refractivity contribution in [3.63, 3.8) is 0 Å². The van der Waals surface area contributed by atoms with Gasteiger partial charge in [-0.05, 0) is 24.6 Å². The van der Waals surface area contributed by atoms with E-state index in [0.29, 0.717) is 5.82 Å². The van der Waals surface area contributed by atoms with E-state index in [4.69, 9.17) is 10.5 Å². The van der Waals surface area contributed by atoms with Crippen molar-refractivity contribution in [1.29, 1.82) is 0 Å². The molecule has 2 aromatic rings. The summed E-state index contributed by atoms with van der Waals surface area (Å²) >= 11 is 0. The van der Waals surface area contributed by atoms with Crippen molar-refractivity contribution >= 4 is 11.6 Å². The molecule has 0 fully saturated rings. The fourth-order valence-electron chi connectivity index (χ4n) is 1.91. The molecule has 5 heteroatoms. The summed E-state index contributed by atoms with van der Waals surface area (Å²) in [6, 6.07) is 7.96. The number of ether oxygens (including phenoxy) is 1. The van der Waals surface area contributed by atoms with Crippen molar-refractivity contribution in [2.24, 2.45) is 0 Å². The second kappa shape index (κ2) is 5.00. The van der Waals surface area contributed by atoms with Gasteiger partial charge in [0, 0.05) is 13.6 Å². The SMILES string of the molecule is COc1cccc(CN(C)c2nc(C)[nH]c2N)c1. The third-order valence-corrected chi connectivity index (χ3v) is 2.75. The lowest BCUT2D eigenvalue weighted by Gasteiger charge is -2.17. The molecule has 0 saturated heterocycles. The number of aromatic nitrogens is 2. The predicted octanol–water partition coefficient (Wildman–Crippen LogP) is 1.95. The highest BCUT2D eigenvalue weighted by Crippen LogP contribution is 2.21. The zero-order valence-electron chi connectivity index (χ0n) is 10.9. The van der Waals surface area contributed by atoms with Crippen LogP contribution in [0.2, 0.25) is 0 Å². The maximum atomic E-state index is 5.87. The van der Waals surface area contributed by atoms with Crippen LogP contribution in [0.1, 0.15) is 11.4 Å². The minimum atomic E-state index is 0.595. The van der Waals surface area contributed by atoms with Crippen LogP contribution in [0, 0.1) is 6.92 Å². The second-order valence-corrected chi connectivity index (χ2v) is 4.27. The van der Waals surface area contributed by atoms with Gasteiger partial charge in [0.15, 0.2) is 5.82 Å². The standard InChI is InChI=1S/C13H18N4O/c1-9-15-12(14)13(16-9)17(2)8-10-5-4-6-11(7-10)18-3/h4-7H,8,14H2,1-3H3,(H,15,16). The molecule has 0 aliphatic heterocycles. The number of methoxy groups -OCH3 is 1. The molecule has 0 spiro atoms. The Morgan fingerprint density at radius 2 is 2.22 bits per heavy atom. The van der Waals surface area contributed by atoms with Gasteiger partial charge in [-0.15, -0.1) is 0 Å². The van der Waals surface area contributed by atoms with Gasteiger partial charge in [0.1, 0.15) is 17.4 Å². The molecule has 0 aliphatic rings. The molecule has 0 atom stereocenters. The average Bonchev–Trinajstić information content (AvgIpc) is 2.69. The Balaban J connectivity index is 2.15. The first-order valence-corrected chi connectivity index (χ1v) is 5.76. The number of hydrogen-bond acceptors (Lipinski definition) is 4. The molecular weight excluding hydrogens is 228 g/mol. The third kappa shape index (κ3) is 2.56. The van der Waals surface area contributed by atoms with Crippen molar-refractivity contribution in [1.82, 2.24) is 9.97 Å². The van der Waals surface area contributed by atoms with Crippen molar-refractivity contribution in [3.8, 4) is 5.75 Å². The molecular formula is C13H18N4O. The summed E-state index contributed by atoms with van der Waals surface area (Å²) in [5.41, 5.74) is 7.02. The number of nitrogen functional groups attached to an aromatic ring is 1. The first-order chi connectivity index (χ1) is 8.60. The molecule has 0 amide bonds. The fourth-order valence-corrected chi connectivity index (χ4v) is 1.91. The van der Waals surface area contributed by atoms with Crippen LogP contribution < -0.4 is 15.4 Å². The molecule has 1 aromatic carbocycles.